The molecule has 6 heteroatoms. The average Bonchev–Trinajstić information content (AvgIpc) is 2.29. The number of para-hydroxylation sites is 1. The topological polar surface area (TPSA) is 75.4 Å². The molecular weight excluding hydrogens is 228 g/mol. The Morgan fingerprint density at radius 3 is 2.88 bits per heavy atom. The van der Waals surface area contributed by atoms with Crippen molar-refractivity contribution in [1.29, 1.82) is 0 Å². The van der Waals surface area contributed by atoms with E-state index in [0.29, 0.717) is 17.2 Å². The number of nitrogens with zero attached hydrogens (tertiary/aromatic N) is 1. The molecule has 0 radical (unpaired) electrons. The number of anilines is 1. The minimum Gasteiger partial charge on any atom is -0.396 e. The molecule has 0 bridgehead atoms. The summed E-state index contributed by atoms with van der Waals surface area (Å²) in [6, 6.07) is 5.00. The summed E-state index contributed by atoms with van der Waals surface area (Å²) in [7, 11) is 1.67. The number of rotatable bonds is 6. The predicted molar refractivity (Wildman–Crippen MR) is 65.9 cm³/mol. The molecule has 0 amide bonds. The van der Waals surface area contributed by atoms with Gasteiger partial charge < -0.3 is 10.4 Å². The summed E-state index contributed by atoms with van der Waals surface area (Å²) in [4.78, 5) is 10.4. The molecular formula is C10H14N2O3S. The molecule has 0 aliphatic rings. The van der Waals surface area contributed by atoms with E-state index >= 15 is 0 Å². The van der Waals surface area contributed by atoms with Gasteiger partial charge in [0.1, 0.15) is 5.69 Å². The molecule has 0 spiro atoms. The number of nitro groups is 1. The van der Waals surface area contributed by atoms with Gasteiger partial charge in [0.25, 0.3) is 5.69 Å². The third-order valence-electron chi connectivity index (χ3n) is 2.07. The molecule has 5 nitrogen and oxygen atoms in total. The van der Waals surface area contributed by atoms with Gasteiger partial charge in [0.05, 0.1) is 11.5 Å². The zero-order valence-electron chi connectivity index (χ0n) is 8.97. The van der Waals surface area contributed by atoms with Gasteiger partial charge in [0.2, 0.25) is 0 Å². The summed E-state index contributed by atoms with van der Waals surface area (Å²) in [6.45, 7) is 0.120. The minimum atomic E-state index is -0.397. The van der Waals surface area contributed by atoms with E-state index < -0.39 is 4.92 Å². The minimum absolute atomic E-state index is 0.0876. The highest BCUT2D eigenvalue weighted by molar-refractivity contribution is 7.98. The third kappa shape index (κ3) is 3.11. The highest BCUT2D eigenvalue weighted by Crippen LogP contribution is 2.30. The number of thioether (sulfide) groups is 1. The second-order valence-corrected chi connectivity index (χ2v) is 4.20. The zero-order chi connectivity index (χ0) is 12.0. The molecule has 1 aromatic rings. The van der Waals surface area contributed by atoms with Crippen LogP contribution in [-0.4, -0.2) is 29.4 Å². The second kappa shape index (κ2) is 6.34. The zero-order valence-corrected chi connectivity index (χ0v) is 9.79. The van der Waals surface area contributed by atoms with Gasteiger partial charge in [-0.2, -0.15) is 11.8 Å². The van der Waals surface area contributed by atoms with Crippen LogP contribution in [0.1, 0.15) is 5.56 Å². The van der Waals surface area contributed by atoms with E-state index in [1.807, 2.05) is 6.07 Å². The fraction of sp³-hybridized carbons (Fsp3) is 0.400. The van der Waals surface area contributed by atoms with Crippen molar-refractivity contribution < 1.29 is 10.0 Å². The summed E-state index contributed by atoms with van der Waals surface area (Å²) in [5.41, 5.74) is 1.53. The van der Waals surface area contributed by atoms with Crippen LogP contribution in [0.25, 0.3) is 0 Å². The molecule has 88 valence electrons. The van der Waals surface area contributed by atoms with Crippen molar-refractivity contribution in [2.45, 2.75) is 5.75 Å². The van der Waals surface area contributed by atoms with Crippen LogP contribution < -0.4 is 5.32 Å². The van der Waals surface area contributed by atoms with Gasteiger partial charge in [-0.3, -0.25) is 10.1 Å². The molecule has 16 heavy (non-hydrogen) atoms. The monoisotopic (exact) mass is 242 g/mol. The first-order valence-electron chi connectivity index (χ1n) is 4.83. The number of hydrogen-bond acceptors (Lipinski definition) is 5. The van der Waals surface area contributed by atoms with Crippen molar-refractivity contribution in [2.24, 2.45) is 0 Å². The standard InChI is InChI=1S/C10H14N2O3S/c1-11-10-8(7-16-6-5-13)3-2-4-9(10)12(14)15/h2-4,11,13H,5-7H2,1H3. The summed E-state index contributed by atoms with van der Waals surface area (Å²) in [5, 5.41) is 22.3. The second-order valence-electron chi connectivity index (χ2n) is 3.09. The summed E-state index contributed by atoms with van der Waals surface area (Å²) < 4.78 is 0. The fourth-order valence-corrected chi connectivity index (χ4v) is 2.13. The van der Waals surface area contributed by atoms with Crippen LogP contribution in [0.4, 0.5) is 11.4 Å². The van der Waals surface area contributed by atoms with Gasteiger partial charge in [-0.25, -0.2) is 0 Å². The number of nitro benzene ring substituents is 1. The Balaban J connectivity index is 2.90. The lowest BCUT2D eigenvalue weighted by molar-refractivity contribution is -0.384. The average molecular weight is 242 g/mol. The molecule has 1 aromatic carbocycles. The van der Waals surface area contributed by atoms with Crippen molar-refractivity contribution in [3.8, 4) is 0 Å². The normalized spacial score (nSPS) is 10.1. The van der Waals surface area contributed by atoms with Crippen LogP contribution in [0.3, 0.4) is 0 Å². The lowest BCUT2D eigenvalue weighted by Gasteiger charge is -2.08. The lowest BCUT2D eigenvalue weighted by Crippen LogP contribution is -2.00. The number of nitrogens with one attached hydrogen (secondary N) is 1. The fourth-order valence-electron chi connectivity index (χ4n) is 1.39. The van der Waals surface area contributed by atoms with Crippen LogP contribution in [0.15, 0.2) is 18.2 Å². The SMILES string of the molecule is CNc1c(CSCCO)cccc1[N+](=O)[O-]. The molecule has 2 N–H and O–H groups in total. The van der Waals surface area contributed by atoms with Gasteiger partial charge in [-0.1, -0.05) is 12.1 Å². The first-order valence-corrected chi connectivity index (χ1v) is 5.98. The Morgan fingerprint density at radius 2 is 2.31 bits per heavy atom. The number of hydrogen-bond donors (Lipinski definition) is 2. The highest BCUT2D eigenvalue weighted by Gasteiger charge is 2.15. The van der Waals surface area contributed by atoms with Gasteiger partial charge in [0.15, 0.2) is 0 Å². The summed E-state index contributed by atoms with van der Waals surface area (Å²) >= 11 is 1.54. The van der Waals surface area contributed by atoms with Crippen LogP contribution in [-0.2, 0) is 5.75 Å². The summed E-state index contributed by atoms with van der Waals surface area (Å²) in [5.74, 6) is 1.28. The van der Waals surface area contributed by atoms with Crippen LogP contribution in [0, 0.1) is 10.1 Å². The van der Waals surface area contributed by atoms with Gasteiger partial charge in [0, 0.05) is 24.6 Å². The van der Waals surface area contributed by atoms with Crippen molar-refractivity contribution in [2.75, 3.05) is 24.7 Å². The van der Waals surface area contributed by atoms with Crippen LogP contribution >= 0.6 is 11.8 Å². The first-order chi connectivity index (χ1) is 7.70. The van der Waals surface area contributed by atoms with E-state index in [-0.39, 0.29) is 12.3 Å². The molecule has 0 aliphatic carbocycles. The van der Waals surface area contributed by atoms with Gasteiger partial charge in [-0.05, 0) is 5.56 Å². The molecule has 0 heterocycles. The van der Waals surface area contributed by atoms with Crippen LogP contribution in [0.5, 0.6) is 0 Å². The maximum absolute atomic E-state index is 10.8. The highest BCUT2D eigenvalue weighted by atomic mass is 32.2. The number of aliphatic hydroxyl groups is 1. The van der Waals surface area contributed by atoms with Crippen molar-refractivity contribution in [3.63, 3.8) is 0 Å². The number of benzene rings is 1. The van der Waals surface area contributed by atoms with E-state index in [2.05, 4.69) is 5.32 Å². The lowest BCUT2D eigenvalue weighted by atomic mass is 10.1. The quantitative estimate of drug-likeness (QED) is 0.452. The van der Waals surface area contributed by atoms with E-state index in [1.165, 1.54) is 6.07 Å². The Hall–Kier alpha value is -1.27. The van der Waals surface area contributed by atoms with Crippen molar-refractivity contribution >= 4 is 23.1 Å². The maximum atomic E-state index is 10.8. The number of aliphatic hydroxyl groups excluding tert-OH is 1. The third-order valence-corrected chi connectivity index (χ3v) is 3.06. The molecule has 0 atom stereocenters. The van der Waals surface area contributed by atoms with Crippen molar-refractivity contribution in [1.82, 2.24) is 0 Å². The molecule has 0 aliphatic heterocycles. The molecule has 1 rings (SSSR count). The first kappa shape index (κ1) is 12.8. The molecule has 0 saturated carbocycles. The Bertz CT molecular complexity index is 371. The van der Waals surface area contributed by atoms with Crippen LogP contribution in [0.2, 0.25) is 0 Å². The van der Waals surface area contributed by atoms with Gasteiger partial charge >= 0.3 is 0 Å². The molecule has 0 fully saturated rings. The van der Waals surface area contributed by atoms with E-state index in [1.54, 1.807) is 24.9 Å². The molecule has 0 unspecified atom stereocenters. The Labute approximate surface area is 98.0 Å². The Kier molecular flexibility index (Phi) is 5.07. The maximum Gasteiger partial charge on any atom is 0.292 e. The Morgan fingerprint density at radius 1 is 1.56 bits per heavy atom. The van der Waals surface area contributed by atoms with Crippen molar-refractivity contribution in [3.05, 3.63) is 33.9 Å². The largest absolute Gasteiger partial charge is 0.396 e. The van der Waals surface area contributed by atoms with E-state index in [4.69, 9.17) is 5.11 Å². The predicted octanol–water partition coefficient (Wildman–Crippen LogP) is 1.86. The van der Waals surface area contributed by atoms with E-state index in [9.17, 15) is 10.1 Å². The van der Waals surface area contributed by atoms with Gasteiger partial charge in [-0.15, -0.1) is 0 Å². The van der Waals surface area contributed by atoms with E-state index in [0.717, 1.165) is 5.56 Å². The molecule has 0 saturated heterocycles. The molecule has 0 aromatic heterocycles. The smallest absolute Gasteiger partial charge is 0.292 e. The summed E-state index contributed by atoms with van der Waals surface area (Å²) in [6.07, 6.45) is 0.